The van der Waals surface area contributed by atoms with Gasteiger partial charge >= 0.3 is 0 Å². The number of ether oxygens (including phenoxy) is 2. The van der Waals surface area contributed by atoms with Gasteiger partial charge in [0.15, 0.2) is 0 Å². The Balaban J connectivity index is 4.01. The van der Waals surface area contributed by atoms with Crippen molar-refractivity contribution in [2.75, 3.05) is 13.2 Å². The Labute approximate surface area is 68.1 Å². The van der Waals surface area contributed by atoms with Crippen LogP contribution in [-0.2, 0) is 9.47 Å². The molecule has 0 fully saturated rings. The maximum atomic E-state index is 8.90. The van der Waals surface area contributed by atoms with Gasteiger partial charge in [0.1, 0.15) is 0 Å². The molecule has 0 saturated heterocycles. The van der Waals surface area contributed by atoms with Gasteiger partial charge in [-0.05, 0) is 20.8 Å². The Hall–Kier alpha value is 0.270. The van der Waals surface area contributed by atoms with Crippen LogP contribution in [0.4, 0.5) is 0 Å². The zero-order valence-electron chi connectivity index (χ0n) is 7.07. The summed E-state index contributed by atoms with van der Waals surface area (Å²) in [6, 6.07) is 0. The van der Waals surface area contributed by atoms with E-state index in [1.807, 2.05) is 0 Å². The molecule has 2 N–H and O–H groups in total. The minimum atomic E-state index is -2.20. The Morgan fingerprint density at radius 1 is 1.18 bits per heavy atom. The molecule has 0 aromatic heterocycles. The molecule has 0 amide bonds. The molecule has 11 heavy (non-hydrogen) atoms. The van der Waals surface area contributed by atoms with Crippen LogP contribution in [-0.4, -0.2) is 28.5 Å². The molecule has 0 bridgehead atoms. The Morgan fingerprint density at radius 3 is 1.73 bits per heavy atom. The molecule has 0 heterocycles. The SMILES string of the molecule is CCOC(C)(OCC)P(O)O. The van der Waals surface area contributed by atoms with Crippen molar-refractivity contribution in [2.24, 2.45) is 0 Å². The van der Waals surface area contributed by atoms with E-state index in [9.17, 15) is 0 Å². The first-order chi connectivity index (χ1) is 5.06. The van der Waals surface area contributed by atoms with E-state index in [1.165, 1.54) is 6.92 Å². The van der Waals surface area contributed by atoms with Crippen molar-refractivity contribution in [1.29, 1.82) is 0 Å². The third-order valence-corrected chi connectivity index (χ3v) is 2.17. The molecule has 0 aromatic rings. The van der Waals surface area contributed by atoms with Crippen molar-refractivity contribution < 1.29 is 19.3 Å². The first kappa shape index (κ1) is 11.3. The molecule has 0 spiro atoms. The van der Waals surface area contributed by atoms with Crippen molar-refractivity contribution in [2.45, 2.75) is 26.3 Å². The molecule has 68 valence electrons. The van der Waals surface area contributed by atoms with Gasteiger partial charge in [0.05, 0.1) is 0 Å². The molecule has 0 rings (SSSR count). The van der Waals surface area contributed by atoms with Gasteiger partial charge in [0.2, 0.25) is 13.9 Å². The van der Waals surface area contributed by atoms with Gasteiger partial charge in [-0.2, -0.15) is 0 Å². The van der Waals surface area contributed by atoms with E-state index in [1.54, 1.807) is 13.8 Å². The van der Waals surface area contributed by atoms with Crippen LogP contribution in [0.1, 0.15) is 20.8 Å². The fourth-order valence-electron chi connectivity index (χ4n) is 0.693. The quantitative estimate of drug-likeness (QED) is 0.492. The topological polar surface area (TPSA) is 58.9 Å². The second kappa shape index (κ2) is 5.01. The smallest absolute Gasteiger partial charge is 0.236 e. The zero-order valence-corrected chi connectivity index (χ0v) is 7.97. The highest BCUT2D eigenvalue weighted by Gasteiger charge is 2.34. The van der Waals surface area contributed by atoms with Gasteiger partial charge < -0.3 is 19.3 Å². The van der Waals surface area contributed by atoms with Crippen molar-refractivity contribution in [3.05, 3.63) is 0 Å². The zero-order chi connectivity index (χ0) is 8.91. The van der Waals surface area contributed by atoms with Gasteiger partial charge in [-0.25, -0.2) is 0 Å². The summed E-state index contributed by atoms with van der Waals surface area (Å²) in [5.74, 6) is 0. The predicted molar refractivity (Wildman–Crippen MR) is 43.0 cm³/mol. The maximum absolute atomic E-state index is 8.90. The van der Waals surface area contributed by atoms with Gasteiger partial charge in [0, 0.05) is 13.2 Å². The molecule has 0 aliphatic carbocycles. The molecule has 4 nitrogen and oxygen atoms in total. The lowest BCUT2D eigenvalue weighted by Crippen LogP contribution is -2.30. The van der Waals surface area contributed by atoms with Crippen LogP contribution in [0.2, 0.25) is 0 Å². The summed E-state index contributed by atoms with van der Waals surface area (Å²) in [6.45, 7) is 5.87. The minimum Gasteiger partial charge on any atom is -0.346 e. The molecule has 0 radical (unpaired) electrons. The third kappa shape index (κ3) is 3.45. The van der Waals surface area contributed by atoms with E-state index >= 15 is 0 Å². The van der Waals surface area contributed by atoms with Crippen LogP contribution in [0.5, 0.6) is 0 Å². The molecule has 0 aromatic carbocycles. The standard InChI is InChI=1S/C6H15O4P/c1-4-9-6(3,10-5-2)11(7)8/h7-8H,4-5H2,1-3H3. The van der Waals surface area contributed by atoms with E-state index in [0.717, 1.165) is 0 Å². The molecule has 0 atom stereocenters. The first-order valence-electron chi connectivity index (χ1n) is 3.52. The Kier molecular flexibility index (Phi) is 5.13. The van der Waals surface area contributed by atoms with Gasteiger partial charge in [-0.15, -0.1) is 0 Å². The number of hydrogen-bond donors (Lipinski definition) is 2. The second-order valence-corrected chi connectivity index (χ2v) is 3.44. The monoisotopic (exact) mass is 182 g/mol. The van der Waals surface area contributed by atoms with Crippen molar-refractivity contribution in [3.8, 4) is 0 Å². The molecular formula is C6H15O4P. The Bertz CT molecular complexity index is 101. The molecule has 0 saturated carbocycles. The summed E-state index contributed by atoms with van der Waals surface area (Å²) in [5, 5.41) is 0. The van der Waals surface area contributed by atoms with Crippen LogP contribution in [0.25, 0.3) is 0 Å². The Morgan fingerprint density at radius 2 is 1.55 bits per heavy atom. The minimum absolute atomic E-state index is 0.399. The number of hydrogen-bond acceptors (Lipinski definition) is 4. The second-order valence-electron chi connectivity index (χ2n) is 2.05. The lowest BCUT2D eigenvalue weighted by atomic mass is 10.7. The number of rotatable bonds is 5. The van der Waals surface area contributed by atoms with Gasteiger partial charge in [-0.1, -0.05) is 0 Å². The molecule has 0 aliphatic heterocycles. The lowest BCUT2D eigenvalue weighted by molar-refractivity contribution is -0.166. The van der Waals surface area contributed by atoms with E-state index in [2.05, 4.69) is 0 Å². The van der Waals surface area contributed by atoms with Crippen LogP contribution >= 0.6 is 8.38 Å². The van der Waals surface area contributed by atoms with Gasteiger partial charge in [-0.3, -0.25) is 0 Å². The van der Waals surface area contributed by atoms with E-state index < -0.39 is 13.9 Å². The van der Waals surface area contributed by atoms with Crippen molar-refractivity contribution >= 4 is 8.38 Å². The largest absolute Gasteiger partial charge is 0.346 e. The lowest BCUT2D eigenvalue weighted by Gasteiger charge is -2.29. The fourth-order valence-corrected chi connectivity index (χ4v) is 1.18. The first-order valence-corrected chi connectivity index (χ1v) is 4.77. The van der Waals surface area contributed by atoms with E-state index in [4.69, 9.17) is 19.3 Å². The molecule has 0 aliphatic rings. The van der Waals surface area contributed by atoms with Crippen LogP contribution in [0.3, 0.4) is 0 Å². The third-order valence-electron chi connectivity index (χ3n) is 1.19. The van der Waals surface area contributed by atoms with Crippen molar-refractivity contribution in [1.82, 2.24) is 0 Å². The summed E-state index contributed by atoms with van der Waals surface area (Å²) in [5.41, 5.74) is -1.22. The molecular weight excluding hydrogens is 167 g/mol. The highest BCUT2D eigenvalue weighted by molar-refractivity contribution is 7.46. The molecule has 5 heteroatoms. The summed E-state index contributed by atoms with van der Waals surface area (Å²) >= 11 is 0. The summed E-state index contributed by atoms with van der Waals surface area (Å²) in [6.07, 6.45) is 0. The van der Waals surface area contributed by atoms with E-state index in [-0.39, 0.29) is 0 Å². The van der Waals surface area contributed by atoms with E-state index in [0.29, 0.717) is 13.2 Å². The predicted octanol–water partition coefficient (Wildman–Crippen LogP) is 1.03. The summed E-state index contributed by atoms with van der Waals surface area (Å²) < 4.78 is 10.1. The fraction of sp³-hybridized carbons (Fsp3) is 1.00. The van der Waals surface area contributed by atoms with Crippen LogP contribution in [0, 0.1) is 0 Å². The van der Waals surface area contributed by atoms with Crippen LogP contribution < -0.4 is 0 Å². The average Bonchev–Trinajstić information content (AvgIpc) is 1.88. The summed E-state index contributed by atoms with van der Waals surface area (Å²) in [7, 11) is -2.20. The van der Waals surface area contributed by atoms with Gasteiger partial charge in [0.25, 0.3) is 0 Å². The highest BCUT2D eigenvalue weighted by Crippen LogP contribution is 2.43. The summed E-state index contributed by atoms with van der Waals surface area (Å²) in [4.78, 5) is 17.8. The van der Waals surface area contributed by atoms with Crippen molar-refractivity contribution in [3.63, 3.8) is 0 Å². The molecule has 0 unspecified atom stereocenters. The van der Waals surface area contributed by atoms with Crippen LogP contribution in [0.15, 0.2) is 0 Å². The highest BCUT2D eigenvalue weighted by atomic mass is 31.2. The average molecular weight is 182 g/mol. The maximum Gasteiger partial charge on any atom is 0.236 e. The normalized spacial score (nSPS) is 12.5.